The first-order valence-corrected chi connectivity index (χ1v) is 6.18. The van der Waals surface area contributed by atoms with Crippen LogP contribution in [0.2, 0.25) is 0 Å². The van der Waals surface area contributed by atoms with Crippen molar-refractivity contribution in [1.29, 1.82) is 0 Å². The summed E-state index contributed by atoms with van der Waals surface area (Å²) in [6, 6.07) is -0.0782. The average Bonchev–Trinajstić information content (AvgIpc) is 3.02. The molecular formula is C12H23NO2. The van der Waals surface area contributed by atoms with Crippen LogP contribution in [0.4, 0.5) is 0 Å². The van der Waals surface area contributed by atoms with Gasteiger partial charge < -0.3 is 10.1 Å². The van der Waals surface area contributed by atoms with Crippen molar-refractivity contribution in [2.24, 2.45) is 5.92 Å². The highest BCUT2D eigenvalue weighted by Crippen LogP contribution is 2.27. The molecule has 1 rings (SSSR count). The number of carbonyl (C=O) groups is 1. The second-order valence-corrected chi connectivity index (χ2v) is 4.30. The summed E-state index contributed by atoms with van der Waals surface area (Å²) < 4.78 is 5.05. The van der Waals surface area contributed by atoms with Crippen molar-refractivity contribution in [3.63, 3.8) is 0 Å². The second-order valence-electron chi connectivity index (χ2n) is 4.30. The number of unbranched alkanes of at least 4 members (excludes halogenated alkanes) is 1. The van der Waals surface area contributed by atoms with Gasteiger partial charge in [-0.2, -0.15) is 0 Å². The fourth-order valence-electron chi connectivity index (χ4n) is 1.59. The van der Waals surface area contributed by atoms with E-state index in [0.29, 0.717) is 6.61 Å². The van der Waals surface area contributed by atoms with Crippen molar-refractivity contribution in [3.05, 3.63) is 0 Å². The average molecular weight is 213 g/mol. The molecule has 0 aromatic carbocycles. The number of esters is 1. The molecule has 0 aliphatic heterocycles. The number of rotatable bonds is 8. The van der Waals surface area contributed by atoms with Gasteiger partial charge in [-0.3, -0.25) is 4.79 Å². The smallest absolute Gasteiger partial charge is 0.323 e. The summed E-state index contributed by atoms with van der Waals surface area (Å²) in [4.78, 5) is 11.6. The van der Waals surface area contributed by atoms with Crippen LogP contribution in [-0.2, 0) is 9.53 Å². The third-order valence-corrected chi connectivity index (χ3v) is 2.77. The summed E-state index contributed by atoms with van der Waals surface area (Å²) in [5.74, 6) is 0.732. The molecule has 3 nitrogen and oxygen atoms in total. The van der Waals surface area contributed by atoms with E-state index in [0.717, 1.165) is 31.7 Å². The lowest BCUT2D eigenvalue weighted by Gasteiger charge is -2.16. The molecule has 0 radical (unpaired) electrons. The summed E-state index contributed by atoms with van der Waals surface area (Å²) in [6.07, 6.45) is 5.75. The Kier molecular flexibility index (Phi) is 5.69. The first-order chi connectivity index (χ1) is 7.27. The Hall–Kier alpha value is -0.570. The molecule has 88 valence electrons. The molecule has 1 atom stereocenters. The van der Waals surface area contributed by atoms with Gasteiger partial charge in [0.05, 0.1) is 6.61 Å². The van der Waals surface area contributed by atoms with E-state index in [2.05, 4.69) is 12.2 Å². The minimum absolute atomic E-state index is 0.0772. The molecule has 1 aliphatic carbocycles. The fourth-order valence-corrected chi connectivity index (χ4v) is 1.59. The number of nitrogens with one attached hydrogen (secondary N) is 1. The Balaban J connectivity index is 2.25. The highest BCUT2D eigenvalue weighted by atomic mass is 16.5. The zero-order valence-electron chi connectivity index (χ0n) is 9.92. The standard InChI is InChI=1S/C12H23NO2/c1-3-5-6-11(12(14)15-4-2)13-9-10-7-8-10/h10-11,13H,3-9H2,1-2H3. The van der Waals surface area contributed by atoms with Gasteiger partial charge in [0.25, 0.3) is 0 Å². The number of hydrogen-bond donors (Lipinski definition) is 1. The first-order valence-electron chi connectivity index (χ1n) is 6.18. The van der Waals surface area contributed by atoms with E-state index in [1.165, 1.54) is 12.8 Å². The van der Waals surface area contributed by atoms with Gasteiger partial charge >= 0.3 is 5.97 Å². The molecule has 1 N–H and O–H groups in total. The van der Waals surface area contributed by atoms with Gasteiger partial charge in [-0.15, -0.1) is 0 Å². The molecule has 0 spiro atoms. The largest absolute Gasteiger partial charge is 0.465 e. The van der Waals surface area contributed by atoms with E-state index in [4.69, 9.17) is 4.74 Å². The summed E-state index contributed by atoms with van der Waals surface area (Å²) in [5.41, 5.74) is 0. The highest BCUT2D eigenvalue weighted by molar-refractivity contribution is 5.75. The van der Waals surface area contributed by atoms with Crippen LogP contribution >= 0.6 is 0 Å². The Morgan fingerprint density at radius 1 is 1.47 bits per heavy atom. The summed E-state index contributed by atoms with van der Waals surface area (Å²) >= 11 is 0. The molecule has 0 saturated heterocycles. The lowest BCUT2D eigenvalue weighted by atomic mass is 10.1. The summed E-state index contributed by atoms with van der Waals surface area (Å²) in [5, 5.41) is 3.33. The minimum atomic E-state index is -0.0782. The Morgan fingerprint density at radius 2 is 2.20 bits per heavy atom. The van der Waals surface area contributed by atoms with E-state index in [1.807, 2.05) is 6.92 Å². The van der Waals surface area contributed by atoms with Gasteiger partial charge in [0, 0.05) is 0 Å². The zero-order valence-corrected chi connectivity index (χ0v) is 9.92. The second kappa shape index (κ2) is 6.83. The fraction of sp³-hybridized carbons (Fsp3) is 0.917. The van der Waals surface area contributed by atoms with Crippen molar-refractivity contribution >= 4 is 5.97 Å². The number of ether oxygens (including phenoxy) is 1. The molecule has 0 bridgehead atoms. The van der Waals surface area contributed by atoms with Crippen LogP contribution in [0.3, 0.4) is 0 Å². The minimum Gasteiger partial charge on any atom is -0.465 e. The summed E-state index contributed by atoms with van der Waals surface area (Å²) in [6.45, 7) is 5.46. The van der Waals surface area contributed by atoms with Crippen LogP contribution < -0.4 is 5.32 Å². The molecule has 1 unspecified atom stereocenters. The SMILES string of the molecule is CCCCC(NCC1CC1)C(=O)OCC. The number of hydrogen-bond acceptors (Lipinski definition) is 3. The Labute approximate surface area is 92.6 Å². The molecule has 1 aliphatic rings. The lowest BCUT2D eigenvalue weighted by molar-refractivity contribution is -0.145. The van der Waals surface area contributed by atoms with Gasteiger partial charge in [-0.1, -0.05) is 19.8 Å². The van der Waals surface area contributed by atoms with Crippen LogP contribution in [0.25, 0.3) is 0 Å². The molecule has 0 amide bonds. The molecule has 0 aromatic heterocycles. The van der Waals surface area contributed by atoms with Crippen molar-refractivity contribution in [2.45, 2.75) is 52.0 Å². The van der Waals surface area contributed by atoms with E-state index < -0.39 is 0 Å². The Morgan fingerprint density at radius 3 is 2.73 bits per heavy atom. The topological polar surface area (TPSA) is 38.3 Å². The van der Waals surface area contributed by atoms with Crippen LogP contribution in [0, 0.1) is 5.92 Å². The van der Waals surface area contributed by atoms with Gasteiger partial charge in [0.1, 0.15) is 6.04 Å². The first kappa shape index (κ1) is 12.5. The van der Waals surface area contributed by atoms with E-state index in [9.17, 15) is 4.79 Å². The maximum absolute atomic E-state index is 11.6. The molecule has 0 heterocycles. The van der Waals surface area contributed by atoms with Gasteiger partial charge in [0.2, 0.25) is 0 Å². The van der Waals surface area contributed by atoms with Gasteiger partial charge in [-0.25, -0.2) is 0 Å². The van der Waals surface area contributed by atoms with E-state index in [1.54, 1.807) is 0 Å². The molecule has 15 heavy (non-hydrogen) atoms. The van der Waals surface area contributed by atoms with Crippen LogP contribution in [0.5, 0.6) is 0 Å². The predicted molar refractivity (Wildman–Crippen MR) is 60.7 cm³/mol. The van der Waals surface area contributed by atoms with Crippen LogP contribution in [-0.4, -0.2) is 25.2 Å². The van der Waals surface area contributed by atoms with Crippen molar-refractivity contribution < 1.29 is 9.53 Å². The van der Waals surface area contributed by atoms with Crippen LogP contribution in [0.15, 0.2) is 0 Å². The quantitative estimate of drug-likeness (QED) is 0.628. The maximum atomic E-state index is 11.6. The Bertz CT molecular complexity index is 190. The molecule has 3 heteroatoms. The van der Waals surface area contributed by atoms with Crippen molar-refractivity contribution in [2.75, 3.05) is 13.2 Å². The molecule has 1 saturated carbocycles. The highest BCUT2D eigenvalue weighted by Gasteiger charge is 2.25. The molecule has 0 aromatic rings. The lowest BCUT2D eigenvalue weighted by Crippen LogP contribution is -2.39. The molecule has 1 fully saturated rings. The maximum Gasteiger partial charge on any atom is 0.323 e. The number of carbonyl (C=O) groups excluding carboxylic acids is 1. The van der Waals surface area contributed by atoms with Crippen molar-refractivity contribution in [1.82, 2.24) is 5.32 Å². The predicted octanol–water partition coefficient (Wildman–Crippen LogP) is 2.11. The van der Waals surface area contributed by atoms with E-state index >= 15 is 0 Å². The third-order valence-electron chi connectivity index (χ3n) is 2.77. The van der Waals surface area contributed by atoms with Gasteiger partial charge in [0.15, 0.2) is 0 Å². The molecular weight excluding hydrogens is 190 g/mol. The van der Waals surface area contributed by atoms with E-state index in [-0.39, 0.29) is 12.0 Å². The van der Waals surface area contributed by atoms with Crippen molar-refractivity contribution in [3.8, 4) is 0 Å². The van der Waals surface area contributed by atoms with Crippen LogP contribution in [0.1, 0.15) is 46.0 Å². The monoisotopic (exact) mass is 213 g/mol. The normalized spacial score (nSPS) is 17.5. The third kappa shape index (κ3) is 5.17. The van der Waals surface area contributed by atoms with Gasteiger partial charge in [-0.05, 0) is 38.6 Å². The zero-order chi connectivity index (χ0) is 11.1. The summed E-state index contributed by atoms with van der Waals surface area (Å²) in [7, 11) is 0.